The molecule has 0 bridgehead atoms. The molecule has 1 aromatic heterocycles. The second kappa shape index (κ2) is 5.11. The van der Waals surface area contributed by atoms with Gasteiger partial charge in [0.25, 0.3) is 0 Å². The number of nitrogens with zero attached hydrogens (tertiary/aromatic N) is 2. The molecule has 0 unspecified atom stereocenters. The predicted molar refractivity (Wildman–Crippen MR) is 63.6 cm³/mol. The summed E-state index contributed by atoms with van der Waals surface area (Å²) in [6, 6.07) is 3.89. The van der Waals surface area contributed by atoms with Crippen LogP contribution in [0.4, 0.5) is 5.82 Å². The standard InChI is InChI=1S/C10H14BrN3O/c1-7(2)14(6-9(12)15)10-8(11)4-3-5-13-10/h3-5,7H,6H2,1-2H3,(H2,12,15). The van der Waals surface area contributed by atoms with Crippen LogP contribution in [-0.4, -0.2) is 23.5 Å². The number of rotatable bonds is 4. The molecule has 0 aliphatic rings. The van der Waals surface area contributed by atoms with Gasteiger partial charge in [-0.05, 0) is 41.9 Å². The van der Waals surface area contributed by atoms with Crippen molar-refractivity contribution >= 4 is 27.7 Å². The van der Waals surface area contributed by atoms with Crippen LogP contribution in [0.2, 0.25) is 0 Å². The second-order valence-corrected chi connectivity index (χ2v) is 4.35. The van der Waals surface area contributed by atoms with E-state index in [4.69, 9.17) is 5.73 Å². The van der Waals surface area contributed by atoms with E-state index in [-0.39, 0.29) is 18.5 Å². The van der Waals surface area contributed by atoms with Gasteiger partial charge in [-0.1, -0.05) is 0 Å². The topological polar surface area (TPSA) is 59.2 Å². The highest BCUT2D eigenvalue weighted by atomic mass is 79.9. The Kier molecular flexibility index (Phi) is 4.08. The van der Waals surface area contributed by atoms with Gasteiger partial charge in [-0.25, -0.2) is 4.98 Å². The zero-order chi connectivity index (χ0) is 11.4. The maximum Gasteiger partial charge on any atom is 0.237 e. The molecule has 0 aliphatic carbocycles. The molecule has 1 amide bonds. The molecular formula is C10H14BrN3O. The minimum atomic E-state index is -0.360. The van der Waals surface area contributed by atoms with Gasteiger partial charge in [-0.3, -0.25) is 4.79 Å². The Morgan fingerprint density at radius 1 is 1.67 bits per heavy atom. The molecule has 0 saturated heterocycles. The van der Waals surface area contributed by atoms with Crippen LogP contribution in [0.5, 0.6) is 0 Å². The lowest BCUT2D eigenvalue weighted by Crippen LogP contribution is -2.39. The van der Waals surface area contributed by atoms with Gasteiger partial charge in [0.15, 0.2) is 0 Å². The quantitative estimate of drug-likeness (QED) is 0.904. The van der Waals surface area contributed by atoms with Crippen LogP contribution in [0.1, 0.15) is 13.8 Å². The number of hydrogen-bond donors (Lipinski definition) is 1. The molecule has 0 atom stereocenters. The number of nitrogens with two attached hydrogens (primary N) is 1. The third-order valence-corrected chi connectivity index (χ3v) is 2.58. The summed E-state index contributed by atoms with van der Waals surface area (Å²) in [7, 11) is 0. The van der Waals surface area contributed by atoms with Crippen molar-refractivity contribution in [2.45, 2.75) is 19.9 Å². The summed E-state index contributed by atoms with van der Waals surface area (Å²) in [4.78, 5) is 17.0. The maximum atomic E-state index is 10.9. The number of halogens is 1. The van der Waals surface area contributed by atoms with Gasteiger partial charge in [-0.2, -0.15) is 0 Å². The molecular weight excluding hydrogens is 258 g/mol. The molecule has 0 aromatic carbocycles. The molecule has 5 heteroatoms. The number of hydrogen-bond acceptors (Lipinski definition) is 3. The van der Waals surface area contributed by atoms with Crippen LogP contribution in [0.15, 0.2) is 22.8 Å². The average Bonchev–Trinajstić information content (AvgIpc) is 2.15. The number of pyridine rings is 1. The number of aromatic nitrogens is 1. The fraction of sp³-hybridized carbons (Fsp3) is 0.400. The normalized spacial score (nSPS) is 10.4. The smallest absolute Gasteiger partial charge is 0.237 e. The van der Waals surface area contributed by atoms with E-state index in [1.54, 1.807) is 6.20 Å². The van der Waals surface area contributed by atoms with Gasteiger partial charge in [0.2, 0.25) is 5.91 Å². The molecule has 2 N–H and O–H groups in total. The first-order chi connectivity index (χ1) is 7.02. The van der Waals surface area contributed by atoms with Gasteiger partial charge in [0, 0.05) is 12.2 Å². The van der Waals surface area contributed by atoms with E-state index in [0.717, 1.165) is 10.3 Å². The number of amides is 1. The first kappa shape index (κ1) is 12.0. The monoisotopic (exact) mass is 271 g/mol. The van der Waals surface area contributed by atoms with E-state index >= 15 is 0 Å². The number of anilines is 1. The Morgan fingerprint density at radius 3 is 2.80 bits per heavy atom. The second-order valence-electron chi connectivity index (χ2n) is 3.50. The average molecular weight is 272 g/mol. The van der Waals surface area contributed by atoms with Gasteiger partial charge in [-0.15, -0.1) is 0 Å². The van der Waals surface area contributed by atoms with Crippen molar-refractivity contribution in [3.8, 4) is 0 Å². The van der Waals surface area contributed by atoms with Crippen LogP contribution >= 0.6 is 15.9 Å². The van der Waals surface area contributed by atoms with E-state index in [0.29, 0.717) is 0 Å². The number of primary amides is 1. The highest BCUT2D eigenvalue weighted by Gasteiger charge is 2.16. The highest BCUT2D eigenvalue weighted by Crippen LogP contribution is 2.24. The Hall–Kier alpha value is -1.10. The number of carbonyl (C=O) groups excluding carboxylic acids is 1. The minimum absolute atomic E-state index is 0.170. The summed E-state index contributed by atoms with van der Waals surface area (Å²) < 4.78 is 0.861. The van der Waals surface area contributed by atoms with Crippen LogP contribution in [0.3, 0.4) is 0 Å². The van der Waals surface area contributed by atoms with Crippen LogP contribution in [-0.2, 0) is 4.79 Å². The van der Waals surface area contributed by atoms with Gasteiger partial charge < -0.3 is 10.6 Å². The van der Waals surface area contributed by atoms with Crippen molar-refractivity contribution in [2.24, 2.45) is 5.73 Å². The van der Waals surface area contributed by atoms with E-state index in [1.807, 2.05) is 30.9 Å². The van der Waals surface area contributed by atoms with Crippen molar-refractivity contribution < 1.29 is 4.79 Å². The Balaban J connectivity index is 2.99. The number of carbonyl (C=O) groups is 1. The lowest BCUT2D eigenvalue weighted by Gasteiger charge is -2.27. The van der Waals surface area contributed by atoms with Crippen molar-refractivity contribution in [3.05, 3.63) is 22.8 Å². The molecule has 0 radical (unpaired) electrons. The van der Waals surface area contributed by atoms with Crippen molar-refractivity contribution in [1.82, 2.24) is 4.98 Å². The zero-order valence-corrected chi connectivity index (χ0v) is 10.4. The Morgan fingerprint density at radius 2 is 2.33 bits per heavy atom. The molecule has 1 heterocycles. The molecule has 4 nitrogen and oxygen atoms in total. The Bertz CT molecular complexity index is 354. The molecule has 1 rings (SSSR count). The van der Waals surface area contributed by atoms with Crippen molar-refractivity contribution in [1.29, 1.82) is 0 Å². The summed E-state index contributed by atoms with van der Waals surface area (Å²) in [6.45, 7) is 4.15. The third kappa shape index (κ3) is 3.20. The summed E-state index contributed by atoms with van der Waals surface area (Å²) in [5.74, 6) is 0.382. The molecule has 82 valence electrons. The molecule has 1 aromatic rings. The molecule has 0 aliphatic heterocycles. The van der Waals surface area contributed by atoms with E-state index in [1.165, 1.54) is 0 Å². The van der Waals surface area contributed by atoms with E-state index in [9.17, 15) is 4.79 Å². The van der Waals surface area contributed by atoms with Crippen LogP contribution in [0, 0.1) is 0 Å². The van der Waals surface area contributed by atoms with E-state index < -0.39 is 0 Å². The van der Waals surface area contributed by atoms with Gasteiger partial charge >= 0.3 is 0 Å². The summed E-state index contributed by atoms with van der Waals surface area (Å²) >= 11 is 3.40. The van der Waals surface area contributed by atoms with Gasteiger partial charge in [0.1, 0.15) is 5.82 Å². The molecule has 0 fully saturated rings. The highest BCUT2D eigenvalue weighted by molar-refractivity contribution is 9.10. The van der Waals surface area contributed by atoms with E-state index in [2.05, 4.69) is 20.9 Å². The first-order valence-corrected chi connectivity index (χ1v) is 5.47. The van der Waals surface area contributed by atoms with Crippen molar-refractivity contribution in [2.75, 3.05) is 11.4 Å². The molecule has 15 heavy (non-hydrogen) atoms. The fourth-order valence-corrected chi connectivity index (χ4v) is 1.74. The lowest BCUT2D eigenvalue weighted by atomic mass is 10.3. The van der Waals surface area contributed by atoms with Gasteiger partial charge in [0.05, 0.1) is 11.0 Å². The molecule has 0 saturated carbocycles. The fourth-order valence-electron chi connectivity index (χ4n) is 1.26. The summed E-state index contributed by atoms with van der Waals surface area (Å²) in [5, 5.41) is 0. The van der Waals surface area contributed by atoms with Crippen LogP contribution < -0.4 is 10.6 Å². The minimum Gasteiger partial charge on any atom is -0.368 e. The molecule has 0 spiro atoms. The SMILES string of the molecule is CC(C)N(CC(N)=O)c1ncccc1Br. The Labute approximate surface area is 97.6 Å². The largest absolute Gasteiger partial charge is 0.368 e. The van der Waals surface area contributed by atoms with Crippen molar-refractivity contribution in [3.63, 3.8) is 0 Å². The maximum absolute atomic E-state index is 10.9. The summed E-state index contributed by atoms with van der Waals surface area (Å²) in [6.07, 6.45) is 1.69. The first-order valence-electron chi connectivity index (χ1n) is 4.68. The predicted octanol–water partition coefficient (Wildman–Crippen LogP) is 1.54. The lowest BCUT2D eigenvalue weighted by molar-refractivity contribution is -0.116. The third-order valence-electron chi connectivity index (χ3n) is 1.96. The zero-order valence-electron chi connectivity index (χ0n) is 8.77. The summed E-state index contributed by atoms with van der Waals surface area (Å²) in [5.41, 5.74) is 5.19. The van der Waals surface area contributed by atoms with Crippen LogP contribution in [0.25, 0.3) is 0 Å².